The van der Waals surface area contributed by atoms with E-state index in [9.17, 15) is 4.79 Å². The van der Waals surface area contributed by atoms with Gasteiger partial charge in [0.05, 0.1) is 18.0 Å². The van der Waals surface area contributed by atoms with Crippen LogP contribution < -0.4 is 10.6 Å². The Morgan fingerprint density at radius 3 is 3.14 bits per heavy atom. The number of rotatable bonds is 4. The molecule has 2 N–H and O–H groups in total. The molecule has 112 valence electrons. The van der Waals surface area contributed by atoms with Crippen LogP contribution in [0.25, 0.3) is 10.2 Å². The molecular weight excluding hydrogens is 286 g/mol. The van der Waals surface area contributed by atoms with Crippen molar-refractivity contribution in [1.82, 2.24) is 20.2 Å². The molecule has 1 amide bonds. The van der Waals surface area contributed by atoms with Crippen molar-refractivity contribution < 1.29 is 4.79 Å². The molecule has 21 heavy (non-hydrogen) atoms. The highest BCUT2D eigenvalue weighted by Gasteiger charge is 2.28. The Bertz CT molecular complexity index is 656. The molecule has 1 aliphatic heterocycles. The van der Waals surface area contributed by atoms with Gasteiger partial charge in [-0.1, -0.05) is 6.92 Å². The van der Waals surface area contributed by atoms with E-state index in [-0.39, 0.29) is 11.9 Å². The molecule has 1 fully saturated rings. The molecule has 3 heterocycles. The van der Waals surface area contributed by atoms with E-state index < -0.39 is 0 Å². The molecule has 0 aliphatic carbocycles. The lowest BCUT2D eigenvalue weighted by atomic mass is 10.1. The summed E-state index contributed by atoms with van der Waals surface area (Å²) in [4.78, 5) is 24.3. The van der Waals surface area contributed by atoms with Crippen LogP contribution in [0.2, 0.25) is 0 Å². The molecule has 6 nitrogen and oxygen atoms in total. The molecule has 0 radical (unpaired) electrons. The maximum atomic E-state index is 11.9. The minimum atomic E-state index is -0.0839. The lowest BCUT2D eigenvalue weighted by Crippen LogP contribution is -2.54. The van der Waals surface area contributed by atoms with Crippen molar-refractivity contribution in [3.05, 3.63) is 17.3 Å². The molecule has 1 unspecified atom stereocenters. The molecule has 0 spiro atoms. The Kier molecular flexibility index (Phi) is 4.03. The zero-order valence-electron chi connectivity index (χ0n) is 12.2. The maximum Gasteiger partial charge on any atom is 0.237 e. The number of nitrogens with zero attached hydrogens (tertiary/aromatic N) is 3. The van der Waals surface area contributed by atoms with Gasteiger partial charge in [-0.2, -0.15) is 0 Å². The van der Waals surface area contributed by atoms with Gasteiger partial charge in [0, 0.05) is 20.1 Å². The molecular formula is C14H19N5OS. The van der Waals surface area contributed by atoms with Crippen LogP contribution >= 0.6 is 11.3 Å². The van der Waals surface area contributed by atoms with E-state index in [1.54, 1.807) is 11.3 Å². The fourth-order valence-corrected chi connectivity index (χ4v) is 3.52. The van der Waals surface area contributed by atoms with Crippen molar-refractivity contribution in [3.63, 3.8) is 0 Å². The first-order chi connectivity index (χ1) is 10.2. The van der Waals surface area contributed by atoms with Crippen LogP contribution in [0.5, 0.6) is 0 Å². The Morgan fingerprint density at radius 2 is 2.38 bits per heavy atom. The molecule has 3 rings (SSSR count). The largest absolute Gasteiger partial charge is 0.372 e. The minimum Gasteiger partial charge on any atom is -0.372 e. The number of amides is 1. The smallest absolute Gasteiger partial charge is 0.237 e. The van der Waals surface area contributed by atoms with Gasteiger partial charge in [0.2, 0.25) is 5.91 Å². The van der Waals surface area contributed by atoms with Gasteiger partial charge in [-0.05, 0) is 17.9 Å². The summed E-state index contributed by atoms with van der Waals surface area (Å²) in [5, 5.41) is 9.11. The Labute approximate surface area is 127 Å². The first-order valence-corrected chi connectivity index (χ1v) is 8.04. The van der Waals surface area contributed by atoms with Gasteiger partial charge in [0.15, 0.2) is 0 Å². The normalized spacial score (nSPS) is 19.7. The predicted octanol–water partition coefficient (Wildman–Crippen LogP) is 1.44. The summed E-state index contributed by atoms with van der Waals surface area (Å²) in [6.07, 6.45) is 0.798. The van der Waals surface area contributed by atoms with Gasteiger partial charge in [0.1, 0.15) is 16.5 Å². The number of hydrogen-bond acceptors (Lipinski definition) is 6. The van der Waals surface area contributed by atoms with E-state index in [0.717, 1.165) is 34.8 Å². The number of fused-ring (bicyclic) bond motifs is 1. The topological polar surface area (TPSA) is 70.2 Å². The van der Waals surface area contributed by atoms with Crippen molar-refractivity contribution in [2.24, 2.45) is 0 Å². The van der Waals surface area contributed by atoms with Crippen LogP contribution in [0.15, 0.2) is 11.4 Å². The minimum absolute atomic E-state index is 0.0839. The Balaban J connectivity index is 1.88. The van der Waals surface area contributed by atoms with Crippen LogP contribution in [0.4, 0.5) is 5.82 Å². The first kappa shape index (κ1) is 14.2. The number of hydrogen-bond donors (Lipinski definition) is 2. The zero-order valence-corrected chi connectivity index (χ0v) is 13.0. The van der Waals surface area contributed by atoms with Crippen molar-refractivity contribution in [3.8, 4) is 0 Å². The summed E-state index contributed by atoms with van der Waals surface area (Å²) in [7, 11) is 1.87. The maximum absolute atomic E-state index is 11.9. The van der Waals surface area contributed by atoms with Gasteiger partial charge in [-0.3, -0.25) is 9.69 Å². The number of carbonyl (C=O) groups is 1. The van der Waals surface area contributed by atoms with Gasteiger partial charge >= 0.3 is 0 Å². The van der Waals surface area contributed by atoms with Crippen molar-refractivity contribution >= 4 is 33.3 Å². The van der Waals surface area contributed by atoms with E-state index in [0.29, 0.717) is 13.1 Å². The molecule has 0 bridgehead atoms. The third-order valence-electron chi connectivity index (χ3n) is 3.78. The van der Waals surface area contributed by atoms with Gasteiger partial charge < -0.3 is 10.6 Å². The Morgan fingerprint density at radius 1 is 1.52 bits per heavy atom. The standard InChI is InChI=1S/C14H19N5OS/c1-3-10-13(20)16-5-6-19(10)8-11-17-12(15-2)9-4-7-21-14(9)18-11/h4,7,10H,3,5-6,8H2,1-2H3,(H,16,20)(H,15,17,18). The van der Waals surface area contributed by atoms with Crippen LogP contribution in [0, 0.1) is 0 Å². The number of nitrogens with one attached hydrogen (secondary N) is 2. The van der Waals surface area contributed by atoms with Crippen molar-refractivity contribution in [1.29, 1.82) is 0 Å². The molecule has 0 aromatic carbocycles. The molecule has 2 aromatic rings. The second kappa shape index (κ2) is 5.95. The van der Waals surface area contributed by atoms with Gasteiger partial charge in [-0.15, -0.1) is 11.3 Å². The summed E-state index contributed by atoms with van der Waals surface area (Å²) in [5.74, 6) is 1.73. The van der Waals surface area contributed by atoms with Gasteiger partial charge in [0.25, 0.3) is 0 Å². The molecule has 7 heteroatoms. The summed E-state index contributed by atoms with van der Waals surface area (Å²) < 4.78 is 0. The summed E-state index contributed by atoms with van der Waals surface area (Å²) in [6.45, 7) is 4.17. The fourth-order valence-electron chi connectivity index (χ4n) is 2.74. The Hall–Kier alpha value is -1.73. The number of aromatic nitrogens is 2. The lowest BCUT2D eigenvalue weighted by Gasteiger charge is -2.33. The third-order valence-corrected chi connectivity index (χ3v) is 4.59. The second-order valence-corrected chi connectivity index (χ2v) is 5.96. The van der Waals surface area contributed by atoms with Crippen molar-refractivity contribution in [2.45, 2.75) is 25.9 Å². The number of thiophene rings is 1. The molecule has 1 atom stereocenters. The number of carbonyl (C=O) groups excluding carboxylic acids is 1. The van der Waals surface area contributed by atoms with E-state index in [1.807, 2.05) is 25.4 Å². The van der Waals surface area contributed by atoms with Crippen LogP contribution in [0.3, 0.4) is 0 Å². The third kappa shape index (κ3) is 2.71. The first-order valence-electron chi connectivity index (χ1n) is 7.16. The molecule has 1 saturated heterocycles. The van der Waals surface area contributed by atoms with E-state index in [4.69, 9.17) is 0 Å². The molecule has 0 saturated carbocycles. The van der Waals surface area contributed by atoms with E-state index >= 15 is 0 Å². The average molecular weight is 305 g/mol. The highest BCUT2D eigenvalue weighted by Crippen LogP contribution is 2.25. The number of piperazine rings is 1. The van der Waals surface area contributed by atoms with Crippen LogP contribution in [-0.4, -0.2) is 47.0 Å². The molecule has 2 aromatic heterocycles. The summed E-state index contributed by atoms with van der Waals surface area (Å²) in [6, 6.07) is 1.94. The average Bonchev–Trinajstić information content (AvgIpc) is 2.95. The zero-order chi connectivity index (χ0) is 14.8. The summed E-state index contributed by atoms with van der Waals surface area (Å²) >= 11 is 1.61. The predicted molar refractivity (Wildman–Crippen MR) is 84.5 cm³/mol. The SMILES string of the molecule is CCC1C(=O)NCCN1Cc1nc(NC)c2ccsc2n1. The fraction of sp³-hybridized carbons (Fsp3) is 0.500. The van der Waals surface area contributed by atoms with E-state index in [2.05, 4.69) is 25.5 Å². The quantitative estimate of drug-likeness (QED) is 0.894. The molecule has 1 aliphatic rings. The van der Waals surface area contributed by atoms with E-state index in [1.165, 1.54) is 0 Å². The van der Waals surface area contributed by atoms with Crippen LogP contribution in [-0.2, 0) is 11.3 Å². The number of anilines is 1. The second-order valence-electron chi connectivity index (χ2n) is 5.06. The highest BCUT2D eigenvalue weighted by atomic mass is 32.1. The lowest BCUT2D eigenvalue weighted by molar-refractivity contribution is -0.129. The highest BCUT2D eigenvalue weighted by molar-refractivity contribution is 7.16. The monoisotopic (exact) mass is 305 g/mol. The van der Waals surface area contributed by atoms with Gasteiger partial charge in [-0.25, -0.2) is 9.97 Å². The van der Waals surface area contributed by atoms with Crippen LogP contribution in [0.1, 0.15) is 19.2 Å². The van der Waals surface area contributed by atoms with Crippen molar-refractivity contribution in [2.75, 3.05) is 25.5 Å². The summed E-state index contributed by atoms with van der Waals surface area (Å²) in [5.41, 5.74) is 0.